The number of nitrogens with one attached hydrogen (secondary N) is 1. The molecule has 2 aliphatic heterocycles. The second-order valence-electron chi connectivity index (χ2n) is 3.90. The Kier molecular flexibility index (Phi) is 2.07. The average molecular weight is 194 g/mol. The summed E-state index contributed by atoms with van der Waals surface area (Å²) in [6.07, 6.45) is 7.81. The minimum absolute atomic E-state index is 0.0199. The molecule has 1 fully saturated rings. The summed E-state index contributed by atoms with van der Waals surface area (Å²) in [7, 11) is 0. The zero-order chi connectivity index (χ0) is 10.2. The van der Waals surface area contributed by atoms with Crippen LogP contribution in [0.3, 0.4) is 0 Å². The molecule has 0 unspecified atom stereocenters. The number of carbonyl (C=O) groups excluding carboxylic acids is 1. The van der Waals surface area contributed by atoms with Crippen molar-refractivity contribution in [2.45, 2.75) is 18.9 Å². The molecule has 0 aromatic rings. The highest BCUT2D eigenvalue weighted by Gasteiger charge is 2.43. The number of hydrogen-bond acceptors (Lipinski definition) is 3. The molecule has 0 bridgehead atoms. The van der Waals surface area contributed by atoms with E-state index in [0.29, 0.717) is 6.54 Å². The van der Waals surface area contributed by atoms with E-state index in [1.165, 1.54) is 0 Å². The fourth-order valence-corrected chi connectivity index (χ4v) is 2.05. The van der Waals surface area contributed by atoms with E-state index in [9.17, 15) is 10.0 Å². The Morgan fingerprint density at radius 2 is 2.43 bits per heavy atom. The molecule has 0 aromatic heterocycles. The van der Waals surface area contributed by atoms with Gasteiger partial charge >= 0.3 is 0 Å². The van der Waals surface area contributed by atoms with Crippen LogP contribution in [0.1, 0.15) is 13.3 Å². The van der Waals surface area contributed by atoms with Crippen molar-refractivity contribution in [1.29, 1.82) is 0 Å². The van der Waals surface area contributed by atoms with Crippen LogP contribution in [0.5, 0.6) is 0 Å². The Balaban J connectivity index is 2.26. The summed E-state index contributed by atoms with van der Waals surface area (Å²) in [5.74, 6) is -0.153. The highest BCUT2D eigenvalue weighted by atomic mass is 16.5. The molecule has 2 N–H and O–H groups in total. The molecule has 0 aromatic carbocycles. The third kappa shape index (κ3) is 1.23. The summed E-state index contributed by atoms with van der Waals surface area (Å²) in [6, 6.07) is 0. The molecule has 1 saturated heterocycles. The van der Waals surface area contributed by atoms with Crippen molar-refractivity contribution in [2.24, 2.45) is 5.92 Å². The van der Waals surface area contributed by atoms with E-state index < -0.39 is 5.54 Å². The monoisotopic (exact) mass is 194 g/mol. The minimum atomic E-state index is -0.602. The summed E-state index contributed by atoms with van der Waals surface area (Å²) in [6.45, 7) is 2.56. The van der Waals surface area contributed by atoms with Crippen LogP contribution in [-0.2, 0) is 4.79 Å². The Labute approximate surface area is 82.9 Å². The zero-order valence-electron chi connectivity index (χ0n) is 8.10. The molecule has 0 aliphatic carbocycles. The molecule has 2 heterocycles. The molecule has 2 atom stereocenters. The largest absolute Gasteiger partial charge is 0.356 e. The van der Waals surface area contributed by atoms with Gasteiger partial charge in [0, 0.05) is 12.7 Å². The first kappa shape index (κ1) is 9.27. The Bertz CT molecular complexity index is 311. The van der Waals surface area contributed by atoms with Crippen molar-refractivity contribution < 1.29 is 10.0 Å². The van der Waals surface area contributed by atoms with Crippen LogP contribution in [0.25, 0.3) is 0 Å². The SMILES string of the molecule is C[C@@]1([C@H]2CCNC2=O)C=CC=CN1O. The van der Waals surface area contributed by atoms with Crippen molar-refractivity contribution in [3.8, 4) is 0 Å². The molecule has 4 nitrogen and oxygen atoms in total. The number of rotatable bonds is 1. The van der Waals surface area contributed by atoms with Gasteiger partial charge in [0.05, 0.1) is 11.5 Å². The van der Waals surface area contributed by atoms with Gasteiger partial charge in [-0.1, -0.05) is 12.2 Å². The fourth-order valence-electron chi connectivity index (χ4n) is 2.05. The number of hydrogen-bond donors (Lipinski definition) is 2. The van der Waals surface area contributed by atoms with Gasteiger partial charge < -0.3 is 5.32 Å². The number of allylic oxidation sites excluding steroid dienone is 2. The summed E-state index contributed by atoms with van der Waals surface area (Å²) in [5, 5.41) is 13.6. The van der Waals surface area contributed by atoms with Gasteiger partial charge in [0.1, 0.15) is 0 Å². The molecule has 76 valence electrons. The van der Waals surface area contributed by atoms with Crippen LogP contribution in [-0.4, -0.2) is 28.3 Å². The van der Waals surface area contributed by atoms with Gasteiger partial charge in [0.25, 0.3) is 0 Å². The number of carbonyl (C=O) groups is 1. The van der Waals surface area contributed by atoms with Gasteiger partial charge in [-0.2, -0.15) is 0 Å². The van der Waals surface area contributed by atoms with Crippen LogP contribution >= 0.6 is 0 Å². The number of amides is 1. The topological polar surface area (TPSA) is 52.6 Å². The second kappa shape index (κ2) is 3.13. The van der Waals surface area contributed by atoms with Crippen molar-refractivity contribution in [3.05, 3.63) is 24.4 Å². The van der Waals surface area contributed by atoms with Crippen molar-refractivity contribution in [1.82, 2.24) is 10.4 Å². The maximum atomic E-state index is 11.5. The third-order valence-corrected chi connectivity index (χ3v) is 3.02. The standard InChI is InChI=1S/C10H14N2O2/c1-10(5-2-3-7-12(10)14)8-4-6-11-9(8)13/h2-3,5,7-8,14H,4,6H2,1H3,(H,11,13)/t8-,10-/m0/s1. The molecule has 2 rings (SSSR count). The number of hydroxylamine groups is 2. The molecule has 4 heteroatoms. The van der Waals surface area contributed by atoms with E-state index in [2.05, 4.69) is 5.32 Å². The molecular weight excluding hydrogens is 180 g/mol. The molecule has 0 spiro atoms. The van der Waals surface area contributed by atoms with Gasteiger partial charge in [-0.3, -0.25) is 15.1 Å². The Morgan fingerprint density at radius 1 is 1.64 bits per heavy atom. The maximum absolute atomic E-state index is 11.5. The smallest absolute Gasteiger partial charge is 0.225 e. The lowest BCUT2D eigenvalue weighted by atomic mass is 9.83. The predicted octanol–water partition coefficient (Wildman–Crippen LogP) is 0.656. The van der Waals surface area contributed by atoms with Crippen LogP contribution in [0.4, 0.5) is 0 Å². The van der Waals surface area contributed by atoms with E-state index in [1.807, 2.05) is 19.1 Å². The summed E-state index contributed by atoms with van der Waals surface area (Å²) in [5.41, 5.74) is -0.602. The van der Waals surface area contributed by atoms with Crippen LogP contribution < -0.4 is 5.32 Å². The molecular formula is C10H14N2O2. The lowest BCUT2D eigenvalue weighted by molar-refractivity contribution is -0.145. The van der Waals surface area contributed by atoms with Gasteiger partial charge in [-0.25, -0.2) is 0 Å². The normalized spacial score (nSPS) is 36.3. The highest BCUT2D eigenvalue weighted by Crippen LogP contribution is 2.32. The summed E-state index contributed by atoms with van der Waals surface area (Å²) in [4.78, 5) is 11.5. The molecule has 2 aliphatic rings. The molecule has 1 amide bonds. The van der Waals surface area contributed by atoms with E-state index in [-0.39, 0.29) is 11.8 Å². The van der Waals surface area contributed by atoms with Gasteiger partial charge in [-0.05, 0) is 19.4 Å². The first-order valence-corrected chi connectivity index (χ1v) is 4.76. The first-order valence-electron chi connectivity index (χ1n) is 4.76. The first-order chi connectivity index (χ1) is 6.64. The zero-order valence-corrected chi connectivity index (χ0v) is 8.10. The molecule has 0 radical (unpaired) electrons. The van der Waals surface area contributed by atoms with Crippen LogP contribution in [0.2, 0.25) is 0 Å². The lowest BCUT2D eigenvalue weighted by Crippen LogP contribution is -2.49. The third-order valence-electron chi connectivity index (χ3n) is 3.02. The quantitative estimate of drug-likeness (QED) is 0.644. The highest BCUT2D eigenvalue weighted by molar-refractivity contribution is 5.82. The Morgan fingerprint density at radius 3 is 3.00 bits per heavy atom. The average Bonchev–Trinajstić information content (AvgIpc) is 2.57. The molecule has 14 heavy (non-hydrogen) atoms. The Hall–Kier alpha value is -1.29. The number of nitrogens with zero attached hydrogens (tertiary/aromatic N) is 1. The second-order valence-corrected chi connectivity index (χ2v) is 3.90. The lowest BCUT2D eigenvalue weighted by Gasteiger charge is -2.38. The van der Waals surface area contributed by atoms with E-state index in [4.69, 9.17) is 0 Å². The predicted molar refractivity (Wildman–Crippen MR) is 51.4 cm³/mol. The summed E-state index contributed by atoms with van der Waals surface area (Å²) >= 11 is 0. The van der Waals surface area contributed by atoms with Crippen molar-refractivity contribution >= 4 is 5.91 Å². The minimum Gasteiger partial charge on any atom is -0.356 e. The van der Waals surface area contributed by atoms with E-state index in [0.717, 1.165) is 11.5 Å². The van der Waals surface area contributed by atoms with Gasteiger partial charge in [0.15, 0.2) is 0 Å². The van der Waals surface area contributed by atoms with Gasteiger partial charge in [-0.15, -0.1) is 0 Å². The van der Waals surface area contributed by atoms with Gasteiger partial charge in [0.2, 0.25) is 5.91 Å². The summed E-state index contributed by atoms with van der Waals surface area (Å²) < 4.78 is 0. The van der Waals surface area contributed by atoms with E-state index in [1.54, 1.807) is 12.3 Å². The van der Waals surface area contributed by atoms with Crippen LogP contribution in [0.15, 0.2) is 24.4 Å². The van der Waals surface area contributed by atoms with Crippen LogP contribution in [0, 0.1) is 5.92 Å². The van der Waals surface area contributed by atoms with Crippen molar-refractivity contribution in [3.63, 3.8) is 0 Å². The van der Waals surface area contributed by atoms with Crippen molar-refractivity contribution in [2.75, 3.05) is 6.54 Å². The fraction of sp³-hybridized carbons (Fsp3) is 0.500. The van der Waals surface area contributed by atoms with E-state index >= 15 is 0 Å². The molecule has 0 saturated carbocycles. The maximum Gasteiger partial charge on any atom is 0.225 e.